The van der Waals surface area contributed by atoms with E-state index in [0.717, 1.165) is 48.8 Å². The molecule has 0 saturated carbocycles. The first-order chi connectivity index (χ1) is 17.1. The average Bonchev–Trinajstić information content (AvgIpc) is 3.20. The van der Waals surface area contributed by atoms with Crippen LogP contribution in [0.2, 0.25) is 0 Å². The summed E-state index contributed by atoms with van der Waals surface area (Å²) in [5.41, 5.74) is 11.6. The molecule has 0 bridgehead atoms. The molecule has 8 nitrogen and oxygen atoms in total. The van der Waals surface area contributed by atoms with Crippen molar-refractivity contribution < 1.29 is 4.79 Å². The van der Waals surface area contributed by atoms with Gasteiger partial charge in [-0.25, -0.2) is 15.0 Å². The summed E-state index contributed by atoms with van der Waals surface area (Å²) in [5.74, 6) is 0.932. The lowest BCUT2D eigenvalue weighted by Gasteiger charge is -2.37. The van der Waals surface area contributed by atoms with Crippen molar-refractivity contribution in [2.75, 3.05) is 41.7 Å². The Kier molecular flexibility index (Phi) is 4.89. The Bertz CT molecular complexity index is 1480. The van der Waals surface area contributed by atoms with Crippen LogP contribution in [-0.4, -0.2) is 46.9 Å². The zero-order valence-corrected chi connectivity index (χ0v) is 18.8. The maximum absolute atomic E-state index is 13.5. The molecule has 0 radical (unpaired) electrons. The van der Waals surface area contributed by atoms with Gasteiger partial charge in [-0.05, 0) is 18.2 Å². The van der Waals surface area contributed by atoms with Gasteiger partial charge in [0.25, 0.3) is 0 Å². The molecule has 4 aromatic rings. The van der Waals surface area contributed by atoms with Crippen molar-refractivity contribution in [3.05, 3.63) is 83.6 Å². The standard InChI is InChI=1S/C27H21N7O/c28-15-17-9-10-21(30-16-17)34-13-11-33(12-14-34)20-8-4-7-19-22(20)25-23(26(19)35)24(31-27(29)32-25)18-5-2-1-3-6-18/h1-10,16H,11-14H2,(H2,29,31,32). The molecule has 0 atom stereocenters. The summed E-state index contributed by atoms with van der Waals surface area (Å²) in [6, 6.07) is 21.2. The lowest BCUT2D eigenvalue weighted by Crippen LogP contribution is -2.47. The minimum atomic E-state index is -0.0730. The normalized spacial score (nSPS) is 14.4. The van der Waals surface area contributed by atoms with Gasteiger partial charge in [0.15, 0.2) is 5.78 Å². The highest BCUT2D eigenvalue weighted by atomic mass is 16.1. The number of anilines is 3. The fourth-order valence-electron chi connectivity index (χ4n) is 4.87. The number of carbonyl (C=O) groups excluding carboxylic acids is 1. The number of hydrogen-bond donors (Lipinski definition) is 1. The van der Waals surface area contributed by atoms with Crippen LogP contribution >= 0.6 is 0 Å². The predicted octanol–water partition coefficient (Wildman–Crippen LogP) is 3.53. The van der Waals surface area contributed by atoms with Crippen molar-refractivity contribution in [2.45, 2.75) is 0 Å². The second-order valence-electron chi connectivity index (χ2n) is 8.54. The summed E-state index contributed by atoms with van der Waals surface area (Å²) < 4.78 is 0. The smallest absolute Gasteiger partial charge is 0.221 e. The van der Waals surface area contributed by atoms with Crippen molar-refractivity contribution in [3.8, 4) is 28.6 Å². The van der Waals surface area contributed by atoms with E-state index in [1.54, 1.807) is 12.3 Å². The summed E-state index contributed by atoms with van der Waals surface area (Å²) in [6.45, 7) is 3.05. The van der Waals surface area contributed by atoms with Crippen molar-refractivity contribution >= 4 is 23.2 Å². The molecule has 35 heavy (non-hydrogen) atoms. The van der Waals surface area contributed by atoms with E-state index in [4.69, 9.17) is 11.0 Å². The number of hydrogen-bond acceptors (Lipinski definition) is 8. The van der Waals surface area contributed by atoms with Gasteiger partial charge in [0.2, 0.25) is 5.95 Å². The molecule has 8 heteroatoms. The van der Waals surface area contributed by atoms with Crippen LogP contribution in [0.1, 0.15) is 21.5 Å². The molecule has 2 aliphatic rings. The maximum Gasteiger partial charge on any atom is 0.221 e. The predicted molar refractivity (Wildman–Crippen MR) is 134 cm³/mol. The fraction of sp³-hybridized carbons (Fsp3) is 0.148. The molecular formula is C27H21N7O. The van der Waals surface area contributed by atoms with Gasteiger partial charge in [0, 0.05) is 54.8 Å². The third-order valence-corrected chi connectivity index (χ3v) is 6.55. The Morgan fingerprint density at radius 1 is 0.829 bits per heavy atom. The van der Waals surface area contributed by atoms with Crippen molar-refractivity contribution in [2.24, 2.45) is 0 Å². The van der Waals surface area contributed by atoms with Gasteiger partial charge in [-0.2, -0.15) is 5.26 Å². The van der Waals surface area contributed by atoms with E-state index in [9.17, 15) is 4.79 Å². The molecule has 0 unspecified atom stereocenters. The van der Waals surface area contributed by atoms with Crippen LogP contribution in [0.15, 0.2) is 66.9 Å². The van der Waals surface area contributed by atoms with Crippen LogP contribution in [0.3, 0.4) is 0 Å². The van der Waals surface area contributed by atoms with E-state index in [2.05, 4.69) is 30.8 Å². The monoisotopic (exact) mass is 459 g/mol. The first-order valence-corrected chi connectivity index (χ1v) is 11.4. The summed E-state index contributed by atoms with van der Waals surface area (Å²) in [4.78, 5) is 31.4. The highest BCUT2D eigenvalue weighted by Crippen LogP contribution is 2.45. The highest BCUT2D eigenvalue weighted by Gasteiger charge is 2.35. The third kappa shape index (κ3) is 3.45. The molecule has 6 rings (SSSR count). The number of nitrogens with zero attached hydrogens (tertiary/aromatic N) is 6. The van der Waals surface area contributed by atoms with Crippen LogP contribution < -0.4 is 15.5 Å². The number of nitriles is 1. The van der Waals surface area contributed by atoms with Crippen molar-refractivity contribution in [1.82, 2.24) is 15.0 Å². The van der Waals surface area contributed by atoms with Crippen LogP contribution in [0.25, 0.3) is 22.5 Å². The number of nitrogens with two attached hydrogens (primary N) is 1. The summed E-state index contributed by atoms with van der Waals surface area (Å²) >= 11 is 0. The van der Waals surface area contributed by atoms with Crippen molar-refractivity contribution in [3.63, 3.8) is 0 Å². The van der Waals surface area contributed by atoms with E-state index in [-0.39, 0.29) is 11.7 Å². The second-order valence-corrected chi connectivity index (χ2v) is 8.54. The molecule has 1 saturated heterocycles. The van der Waals surface area contributed by atoms with E-state index in [0.29, 0.717) is 28.1 Å². The first-order valence-electron chi connectivity index (χ1n) is 11.4. The summed E-state index contributed by atoms with van der Waals surface area (Å²) in [5, 5.41) is 9.01. The van der Waals surface area contributed by atoms with Crippen LogP contribution in [-0.2, 0) is 0 Å². The molecule has 2 aromatic heterocycles. The average molecular weight is 460 g/mol. The quantitative estimate of drug-likeness (QED) is 0.436. The number of nitrogen functional groups attached to an aromatic ring is 1. The maximum atomic E-state index is 13.5. The second kappa shape index (κ2) is 8.22. The Hall–Kier alpha value is -4.77. The molecule has 1 fully saturated rings. The minimum Gasteiger partial charge on any atom is -0.368 e. The molecule has 2 N–H and O–H groups in total. The van der Waals surface area contributed by atoms with E-state index < -0.39 is 0 Å². The van der Waals surface area contributed by atoms with E-state index in [1.807, 2.05) is 54.6 Å². The van der Waals surface area contributed by atoms with E-state index in [1.165, 1.54) is 0 Å². The van der Waals surface area contributed by atoms with Gasteiger partial charge in [0.05, 0.1) is 22.5 Å². The Labute approximate surface area is 202 Å². The zero-order chi connectivity index (χ0) is 23.9. The molecule has 1 aliphatic heterocycles. The molecular weight excluding hydrogens is 438 g/mol. The molecule has 0 amide bonds. The van der Waals surface area contributed by atoms with Crippen LogP contribution in [0.5, 0.6) is 0 Å². The molecule has 170 valence electrons. The summed E-state index contributed by atoms with van der Waals surface area (Å²) in [7, 11) is 0. The number of rotatable bonds is 3. The molecule has 0 spiro atoms. The molecule has 2 aromatic carbocycles. The van der Waals surface area contributed by atoms with E-state index >= 15 is 0 Å². The number of fused-ring (bicyclic) bond motifs is 3. The molecule has 1 aliphatic carbocycles. The van der Waals surface area contributed by atoms with Gasteiger partial charge >= 0.3 is 0 Å². The zero-order valence-electron chi connectivity index (χ0n) is 18.8. The van der Waals surface area contributed by atoms with Crippen molar-refractivity contribution in [1.29, 1.82) is 5.26 Å². The first kappa shape index (κ1) is 20.8. The third-order valence-electron chi connectivity index (χ3n) is 6.55. The van der Waals surface area contributed by atoms with Gasteiger partial charge < -0.3 is 15.5 Å². The SMILES string of the molecule is N#Cc1ccc(N2CCN(c3cccc4c3-c3nc(N)nc(-c5ccccc5)c3C4=O)CC2)nc1. The van der Waals surface area contributed by atoms with Gasteiger partial charge in [-0.3, -0.25) is 4.79 Å². The van der Waals surface area contributed by atoms with Gasteiger partial charge in [-0.15, -0.1) is 0 Å². The van der Waals surface area contributed by atoms with Crippen LogP contribution in [0.4, 0.5) is 17.5 Å². The number of aromatic nitrogens is 3. The Balaban J connectivity index is 1.36. The number of pyridine rings is 1. The summed E-state index contributed by atoms with van der Waals surface area (Å²) in [6.07, 6.45) is 1.60. The fourth-order valence-corrected chi connectivity index (χ4v) is 4.87. The van der Waals surface area contributed by atoms with Crippen LogP contribution in [0, 0.1) is 11.3 Å². The Morgan fingerprint density at radius 3 is 2.29 bits per heavy atom. The van der Waals surface area contributed by atoms with Gasteiger partial charge in [-0.1, -0.05) is 42.5 Å². The number of benzene rings is 2. The number of carbonyl (C=O) groups is 1. The minimum absolute atomic E-state index is 0.0730. The molecule has 3 heterocycles. The Morgan fingerprint density at radius 2 is 1.57 bits per heavy atom. The number of piperazine rings is 1. The largest absolute Gasteiger partial charge is 0.368 e. The lowest BCUT2D eigenvalue weighted by molar-refractivity contribution is 0.104. The number of ketones is 1. The van der Waals surface area contributed by atoms with Gasteiger partial charge in [0.1, 0.15) is 11.9 Å². The lowest BCUT2D eigenvalue weighted by atomic mass is 10.0. The topological polar surface area (TPSA) is 112 Å². The highest BCUT2D eigenvalue weighted by molar-refractivity contribution is 6.25.